The molecule has 2 rings (SSSR count). The van der Waals surface area contributed by atoms with Gasteiger partial charge in [0.1, 0.15) is 0 Å². The van der Waals surface area contributed by atoms with Gasteiger partial charge in [-0.1, -0.05) is 11.6 Å². The Hall–Kier alpha value is -1.02. The number of hydrogen-bond acceptors (Lipinski definition) is 5. The van der Waals surface area contributed by atoms with Crippen LogP contribution in [0.4, 0.5) is 0 Å². The molecule has 0 saturated carbocycles. The molecule has 0 aliphatic heterocycles. The fraction of sp³-hybridized carbons (Fsp3) is 0.154. The Kier molecular flexibility index (Phi) is 4.98. The summed E-state index contributed by atoms with van der Waals surface area (Å²) in [6, 6.07) is 8.90. The molecule has 0 bridgehead atoms. The van der Waals surface area contributed by atoms with Crippen molar-refractivity contribution in [2.45, 2.75) is 9.79 Å². The molecule has 0 amide bonds. The minimum absolute atomic E-state index is 0.152. The van der Waals surface area contributed by atoms with Gasteiger partial charge in [-0.3, -0.25) is 9.00 Å². The van der Waals surface area contributed by atoms with Crippen LogP contribution in [0.25, 0.3) is 0 Å². The minimum Gasteiger partial charge on any atom is -0.292 e. The average Bonchev–Trinajstić information content (AvgIpc) is 2.84. The monoisotopic (exact) mass is 362 g/mol. The van der Waals surface area contributed by atoms with Crippen molar-refractivity contribution in [1.82, 2.24) is 0 Å². The summed E-state index contributed by atoms with van der Waals surface area (Å²) in [6.45, 7) is 0. The summed E-state index contributed by atoms with van der Waals surface area (Å²) >= 11 is 6.89. The lowest BCUT2D eigenvalue weighted by atomic mass is 10.3. The lowest BCUT2D eigenvalue weighted by Crippen LogP contribution is -2.10. The van der Waals surface area contributed by atoms with E-state index in [2.05, 4.69) is 0 Å². The van der Waals surface area contributed by atoms with Crippen LogP contribution in [0.2, 0.25) is 4.34 Å². The molecule has 0 N–H and O–H groups in total. The second-order valence-electron chi connectivity index (χ2n) is 4.26. The quantitative estimate of drug-likeness (QED) is 0.767. The highest BCUT2D eigenvalue weighted by Crippen LogP contribution is 2.22. The van der Waals surface area contributed by atoms with E-state index in [1.165, 1.54) is 24.3 Å². The van der Waals surface area contributed by atoms with E-state index in [0.29, 0.717) is 14.1 Å². The second-order valence-corrected chi connectivity index (χ2v) is 9.44. The molecule has 0 saturated heterocycles. The van der Waals surface area contributed by atoms with Crippen molar-refractivity contribution in [1.29, 1.82) is 0 Å². The van der Waals surface area contributed by atoms with E-state index in [1.807, 2.05) is 0 Å². The van der Waals surface area contributed by atoms with E-state index in [1.54, 1.807) is 12.1 Å². The van der Waals surface area contributed by atoms with Gasteiger partial charge in [0.2, 0.25) is 0 Å². The standard InChI is InChI=1S/C13H11ClO4S3/c1-21(17,18)10-4-2-9(3-5-10)20(16)8-11(15)12-6-7-13(14)19-12/h2-7H,8H2,1H3. The molecule has 0 radical (unpaired) electrons. The number of benzene rings is 1. The molecule has 21 heavy (non-hydrogen) atoms. The topological polar surface area (TPSA) is 68.3 Å². The predicted octanol–water partition coefficient (Wildman–Crippen LogP) is 2.80. The Labute approximate surface area is 134 Å². The number of carbonyl (C=O) groups excluding carboxylic acids is 1. The molecule has 0 spiro atoms. The first-order valence-corrected chi connectivity index (χ1v) is 10.1. The van der Waals surface area contributed by atoms with Crippen LogP contribution in [-0.4, -0.2) is 30.4 Å². The molecule has 112 valence electrons. The molecule has 4 nitrogen and oxygen atoms in total. The number of carbonyl (C=O) groups is 1. The first-order valence-electron chi connectivity index (χ1n) is 5.74. The molecule has 0 fully saturated rings. The number of thiophene rings is 1. The number of ketones is 1. The highest BCUT2D eigenvalue weighted by molar-refractivity contribution is 7.90. The van der Waals surface area contributed by atoms with Crippen molar-refractivity contribution in [2.24, 2.45) is 0 Å². The molecule has 8 heteroatoms. The van der Waals surface area contributed by atoms with Crippen LogP contribution in [0.3, 0.4) is 0 Å². The first kappa shape index (κ1) is 16.4. The van der Waals surface area contributed by atoms with Crippen LogP contribution in [0.5, 0.6) is 0 Å². The molecule has 1 aromatic heterocycles. The Morgan fingerprint density at radius 2 is 1.81 bits per heavy atom. The summed E-state index contributed by atoms with van der Waals surface area (Å²) in [7, 11) is -4.81. The Morgan fingerprint density at radius 1 is 1.19 bits per heavy atom. The van der Waals surface area contributed by atoms with E-state index in [9.17, 15) is 17.4 Å². The van der Waals surface area contributed by atoms with Crippen molar-refractivity contribution < 1.29 is 17.4 Å². The van der Waals surface area contributed by atoms with Gasteiger partial charge >= 0.3 is 0 Å². The molecule has 1 aromatic carbocycles. The van der Waals surface area contributed by atoms with E-state index in [4.69, 9.17) is 11.6 Å². The van der Waals surface area contributed by atoms with Crippen LogP contribution in [0.15, 0.2) is 46.2 Å². The van der Waals surface area contributed by atoms with Crippen molar-refractivity contribution >= 4 is 49.4 Å². The van der Waals surface area contributed by atoms with Gasteiger partial charge in [0.25, 0.3) is 0 Å². The molecule has 0 aliphatic rings. The summed E-state index contributed by atoms with van der Waals surface area (Å²) in [5, 5.41) is 0. The zero-order valence-corrected chi connectivity index (χ0v) is 14.1. The fourth-order valence-electron chi connectivity index (χ4n) is 1.58. The van der Waals surface area contributed by atoms with E-state index >= 15 is 0 Å². The van der Waals surface area contributed by atoms with Gasteiger partial charge in [-0.05, 0) is 36.4 Å². The second kappa shape index (κ2) is 6.39. The van der Waals surface area contributed by atoms with Crippen LogP contribution < -0.4 is 0 Å². The minimum atomic E-state index is -3.29. The summed E-state index contributed by atoms with van der Waals surface area (Å²) in [6.07, 6.45) is 1.10. The van der Waals surface area contributed by atoms with E-state index < -0.39 is 20.6 Å². The summed E-state index contributed by atoms with van der Waals surface area (Å²) in [4.78, 5) is 13.0. The number of halogens is 1. The number of Topliss-reactive ketones (excluding diaryl/α,β-unsaturated/α-hetero) is 1. The predicted molar refractivity (Wildman–Crippen MR) is 84.5 cm³/mol. The summed E-state index contributed by atoms with van der Waals surface area (Å²) in [5.74, 6) is -0.410. The van der Waals surface area contributed by atoms with Crippen LogP contribution >= 0.6 is 22.9 Å². The van der Waals surface area contributed by atoms with Crippen LogP contribution in [0.1, 0.15) is 9.67 Å². The number of rotatable bonds is 5. The van der Waals surface area contributed by atoms with E-state index in [0.717, 1.165) is 17.6 Å². The van der Waals surface area contributed by atoms with Gasteiger partial charge < -0.3 is 0 Å². The third-order valence-corrected chi connectivity index (χ3v) is 6.35. The van der Waals surface area contributed by atoms with Crippen molar-refractivity contribution in [3.8, 4) is 0 Å². The first-order chi connectivity index (χ1) is 9.77. The summed E-state index contributed by atoms with van der Waals surface area (Å²) < 4.78 is 35.3. The molecule has 1 atom stereocenters. The fourth-order valence-corrected chi connectivity index (χ4v) is 4.28. The van der Waals surface area contributed by atoms with Gasteiger partial charge in [0, 0.05) is 11.2 Å². The van der Waals surface area contributed by atoms with Crippen molar-refractivity contribution in [2.75, 3.05) is 12.0 Å². The molecule has 1 heterocycles. The van der Waals surface area contributed by atoms with E-state index in [-0.39, 0.29) is 16.4 Å². The van der Waals surface area contributed by atoms with Gasteiger partial charge in [-0.2, -0.15) is 0 Å². The normalized spacial score (nSPS) is 13.0. The zero-order chi connectivity index (χ0) is 15.6. The molecular weight excluding hydrogens is 352 g/mol. The molecular formula is C13H11ClO4S3. The molecule has 2 aromatic rings. The Morgan fingerprint density at radius 3 is 2.29 bits per heavy atom. The van der Waals surface area contributed by atoms with Gasteiger partial charge in [0.15, 0.2) is 15.6 Å². The zero-order valence-electron chi connectivity index (χ0n) is 10.9. The molecule has 1 unspecified atom stereocenters. The lowest BCUT2D eigenvalue weighted by molar-refractivity contribution is 0.102. The van der Waals surface area contributed by atoms with Crippen molar-refractivity contribution in [3.63, 3.8) is 0 Å². The average molecular weight is 363 g/mol. The maximum atomic E-state index is 12.1. The number of sulfone groups is 1. The highest BCUT2D eigenvalue weighted by atomic mass is 35.5. The number of hydrogen-bond donors (Lipinski definition) is 0. The maximum Gasteiger partial charge on any atom is 0.185 e. The Balaban J connectivity index is 2.12. The van der Waals surface area contributed by atoms with Crippen molar-refractivity contribution in [3.05, 3.63) is 45.6 Å². The maximum absolute atomic E-state index is 12.1. The Bertz CT molecular complexity index is 791. The van der Waals surface area contributed by atoms with Crippen LogP contribution in [0, 0.1) is 0 Å². The molecule has 0 aliphatic carbocycles. The van der Waals surface area contributed by atoms with Crippen LogP contribution in [-0.2, 0) is 20.6 Å². The third-order valence-electron chi connectivity index (χ3n) is 2.62. The van der Waals surface area contributed by atoms with Gasteiger partial charge in [-0.15, -0.1) is 11.3 Å². The summed E-state index contributed by atoms with van der Waals surface area (Å²) in [5.41, 5.74) is 0. The van der Waals surface area contributed by atoms with Gasteiger partial charge in [-0.25, -0.2) is 8.42 Å². The smallest absolute Gasteiger partial charge is 0.185 e. The lowest BCUT2D eigenvalue weighted by Gasteiger charge is -2.02. The largest absolute Gasteiger partial charge is 0.292 e. The third kappa shape index (κ3) is 4.23. The van der Waals surface area contributed by atoms with Gasteiger partial charge in [0.05, 0.1) is 30.7 Å². The highest BCUT2D eigenvalue weighted by Gasteiger charge is 2.15. The SMILES string of the molecule is CS(=O)(=O)c1ccc(S(=O)CC(=O)c2ccc(Cl)s2)cc1.